The summed E-state index contributed by atoms with van der Waals surface area (Å²) in [6.45, 7) is 0. The van der Waals surface area contributed by atoms with Crippen LogP contribution >= 0.6 is 0 Å². The van der Waals surface area contributed by atoms with Crippen molar-refractivity contribution >= 4 is 43.7 Å². The number of hydrogen-bond acceptors (Lipinski definition) is 4. The molecule has 11 rings (SSSR count). The summed E-state index contributed by atoms with van der Waals surface area (Å²) in [7, 11) is 0. The summed E-state index contributed by atoms with van der Waals surface area (Å²) in [4.78, 5) is 15.1. The monoisotopic (exact) mass is 728 g/mol. The van der Waals surface area contributed by atoms with Gasteiger partial charge in [-0.1, -0.05) is 151 Å². The lowest BCUT2D eigenvalue weighted by atomic mass is 10.0. The fourth-order valence-corrected chi connectivity index (χ4v) is 7.21. The van der Waals surface area contributed by atoms with Gasteiger partial charge < -0.3 is 8.98 Å². The summed E-state index contributed by atoms with van der Waals surface area (Å²) in [5.41, 5.74) is 4.38. The van der Waals surface area contributed by atoms with Crippen LogP contribution in [0.3, 0.4) is 0 Å². The standard InChI is InChI=1S/C51H32N4O/c1-3-13-33(14-4-1)34-25-27-35(28-26-34)49-52-50(54-51(53-49)43-21-12-24-47-48(43)42-20-8-10-23-46(42)56-47)38-16-11-15-36(31-38)37-29-30-41-40-19-7-9-22-44(40)55(45(41)32-37)39-17-5-2-6-18-39/h1-32H/i2D,5D,6D,7D,9D,17D,18D,19D,22D,29D,30D,32D. The smallest absolute Gasteiger partial charge is 0.164 e. The minimum absolute atomic E-state index is 0.0864. The van der Waals surface area contributed by atoms with Crippen molar-refractivity contribution in [3.63, 3.8) is 0 Å². The van der Waals surface area contributed by atoms with Gasteiger partial charge >= 0.3 is 0 Å². The third-order valence-corrected chi connectivity index (χ3v) is 9.81. The molecule has 5 nitrogen and oxygen atoms in total. The van der Waals surface area contributed by atoms with E-state index in [0.717, 1.165) is 26.5 Å². The molecule has 0 fully saturated rings. The van der Waals surface area contributed by atoms with Crippen molar-refractivity contribution < 1.29 is 20.9 Å². The highest BCUT2D eigenvalue weighted by molar-refractivity contribution is 6.12. The lowest BCUT2D eigenvalue weighted by molar-refractivity contribution is 0.669. The summed E-state index contributed by atoms with van der Waals surface area (Å²) in [6.07, 6.45) is 0. The van der Waals surface area contributed by atoms with Gasteiger partial charge in [0.25, 0.3) is 0 Å². The molecule has 262 valence electrons. The second kappa shape index (κ2) is 13.0. The molecule has 0 aliphatic carbocycles. The molecule has 0 aliphatic heterocycles. The maximum Gasteiger partial charge on any atom is 0.164 e. The number of fused-ring (bicyclic) bond motifs is 6. The third-order valence-electron chi connectivity index (χ3n) is 9.81. The molecule has 3 heterocycles. The van der Waals surface area contributed by atoms with Gasteiger partial charge in [-0.3, -0.25) is 0 Å². The topological polar surface area (TPSA) is 56.7 Å². The molecule has 0 aliphatic rings. The Morgan fingerprint density at radius 1 is 0.429 bits per heavy atom. The highest BCUT2D eigenvalue weighted by Crippen LogP contribution is 2.38. The van der Waals surface area contributed by atoms with Gasteiger partial charge in [-0.05, 0) is 64.6 Å². The van der Waals surface area contributed by atoms with Crippen LogP contribution in [0.15, 0.2) is 198 Å². The zero-order valence-corrected chi connectivity index (χ0v) is 29.2. The second-order valence-corrected chi connectivity index (χ2v) is 13.1. The number of aromatic nitrogens is 4. The molecule has 0 radical (unpaired) electrons. The molecule has 0 amide bonds. The lowest BCUT2D eigenvalue weighted by Crippen LogP contribution is -2.00. The van der Waals surface area contributed by atoms with Gasteiger partial charge in [-0.25, -0.2) is 15.0 Å². The third kappa shape index (κ3) is 5.37. The predicted molar refractivity (Wildman–Crippen MR) is 229 cm³/mol. The van der Waals surface area contributed by atoms with Crippen LogP contribution in [0.25, 0.3) is 106 Å². The van der Waals surface area contributed by atoms with Gasteiger partial charge in [-0.15, -0.1) is 0 Å². The van der Waals surface area contributed by atoms with Crippen LogP contribution in [0, 0.1) is 0 Å². The lowest BCUT2D eigenvalue weighted by Gasteiger charge is -2.11. The molecule has 5 heteroatoms. The molecule has 11 aromatic rings. The van der Waals surface area contributed by atoms with E-state index in [9.17, 15) is 4.11 Å². The number of benzene rings is 8. The van der Waals surface area contributed by atoms with Crippen LogP contribution in [0.1, 0.15) is 16.4 Å². The Morgan fingerprint density at radius 2 is 1.07 bits per heavy atom. The molecule has 56 heavy (non-hydrogen) atoms. The van der Waals surface area contributed by atoms with Crippen LogP contribution in [0.2, 0.25) is 0 Å². The number of furan rings is 1. The zero-order valence-electron chi connectivity index (χ0n) is 41.2. The first-order valence-corrected chi connectivity index (χ1v) is 17.8. The molecule has 0 atom stereocenters. The Balaban J connectivity index is 1.16. The average Bonchev–Trinajstić information content (AvgIpc) is 3.93. The van der Waals surface area contributed by atoms with Gasteiger partial charge in [-0.2, -0.15) is 0 Å². The molecule has 0 bridgehead atoms. The molecular weight excluding hydrogens is 685 g/mol. The van der Waals surface area contributed by atoms with Crippen LogP contribution in [0.5, 0.6) is 0 Å². The van der Waals surface area contributed by atoms with Gasteiger partial charge in [0.2, 0.25) is 0 Å². The van der Waals surface area contributed by atoms with Crippen molar-refractivity contribution in [1.29, 1.82) is 0 Å². The fourth-order valence-electron chi connectivity index (χ4n) is 7.21. The van der Waals surface area contributed by atoms with Crippen LogP contribution in [-0.2, 0) is 0 Å². The minimum Gasteiger partial charge on any atom is -0.456 e. The molecule has 0 spiro atoms. The largest absolute Gasteiger partial charge is 0.456 e. The first kappa shape index (κ1) is 21.9. The average molecular weight is 729 g/mol. The predicted octanol–water partition coefficient (Wildman–Crippen LogP) is 13.2. The maximum atomic E-state index is 9.81. The molecular formula is C51H32N4O. The van der Waals surface area contributed by atoms with Crippen LogP contribution < -0.4 is 0 Å². The molecule has 0 N–H and O–H groups in total. The van der Waals surface area contributed by atoms with E-state index in [4.69, 9.17) is 31.7 Å². The normalized spacial score (nSPS) is 14.6. The Hall–Kier alpha value is -7.63. The van der Waals surface area contributed by atoms with E-state index in [0.29, 0.717) is 39.5 Å². The Bertz CT molecular complexity index is 3920. The first-order chi connectivity index (χ1) is 32.7. The first-order valence-electron chi connectivity index (χ1n) is 23.8. The summed E-state index contributed by atoms with van der Waals surface area (Å²) >= 11 is 0. The van der Waals surface area contributed by atoms with E-state index in [2.05, 4.69) is 0 Å². The fraction of sp³-hybridized carbons (Fsp3) is 0. The second-order valence-electron chi connectivity index (χ2n) is 13.1. The van der Waals surface area contributed by atoms with Crippen molar-refractivity contribution in [1.82, 2.24) is 19.5 Å². The van der Waals surface area contributed by atoms with Crippen molar-refractivity contribution in [2.24, 2.45) is 0 Å². The van der Waals surface area contributed by atoms with E-state index in [1.807, 2.05) is 97.1 Å². The van der Waals surface area contributed by atoms with Gasteiger partial charge in [0, 0.05) is 43.9 Å². The van der Waals surface area contributed by atoms with E-state index in [1.54, 1.807) is 24.3 Å². The zero-order chi connectivity index (χ0) is 47.4. The van der Waals surface area contributed by atoms with E-state index in [-0.39, 0.29) is 38.8 Å². The molecule has 0 saturated carbocycles. The maximum absolute atomic E-state index is 9.81. The van der Waals surface area contributed by atoms with Crippen LogP contribution in [-0.4, -0.2) is 19.5 Å². The summed E-state index contributed by atoms with van der Waals surface area (Å²) in [5, 5.41) is 1.24. The quantitative estimate of drug-likeness (QED) is 0.171. The molecule has 0 saturated heterocycles. The Kier molecular flexibility index (Phi) is 5.10. The van der Waals surface area contributed by atoms with Crippen molar-refractivity contribution in [2.45, 2.75) is 0 Å². The summed E-state index contributed by atoms with van der Waals surface area (Å²) < 4.78 is 114. The van der Waals surface area contributed by atoms with Crippen molar-refractivity contribution in [3.05, 3.63) is 194 Å². The van der Waals surface area contributed by atoms with Crippen molar-refractivity contribution in [2.75, 3.05) is 0 Å². The number of nitrogens with zero attached hydrogens (tertiary/aromatic N) is 4. The van der Waals surface area contributed by atoms with E-state index >= 15 is 0 Å². The van der Waals surface area contributed by atoms with Crippen molar-refractivity contribution in [3.8, 4) is 62.1 Å². The summed E-state index contributed by atoms with van der Waals surface area (Å²) in [6, 6.07) is 30.6. The number of para-hydroxylation sites is 3. The molecule has 3 aromatic heterocycles. The van der Waals surface area contributed by atoms with Gasteiger partial charge in [0.1, 0.15) is 11.2 Å². The Labute approximate surface area is 339 Å². The SMILES string of the molecule is [2H]c1c([2H])c([2H])c(-n2c3c([2H])c([2H])c([2H])c([2H])c3c3c([2H])c([2H])c(-c4cccc(-c5nc(-c6ccc(-c7ccccc7)cc6)nc(-c6cccc7oc8ccccc8c67)n5)c4)c([2H])c32)c([2H])c1[2H]. The molecule has 0 unspecified atom stereocenters. The van der Waals surface area contributed by atoms with Gasteiger partial charge in [0.05, 0.1) is 27.5 Å². The highest BCUT2D eigenvalue weighted by atomic mass is 16.3. The Morgan fingerprint density at radius 3 is 1.95 bits per heavy atom. The van der Waals surface area contributed by atoms with Gasteiger partial charge in [0.15, 0.2) is 17.5 Å². The van der Waals surface area contributed by atoms with E-state index < -0.39 is 78.2 Å². The van der Waals surface area contributed by atoms with Crippen LogP contribution in [0.4, 0.5) is 0 Å². The van der Waals surface area contributed by atoms with E-state index in [1.165, 1.54) is 0 Å². The minimum atomic E-state index is -0.708. The summed E-state index contributed by atoms with van der Waals surface area (Å²) in [5.74, 6) is 0.950. The highest BCUT2D eigenvalue weighted by Gasteiger charge is 2.19. The molecule has 8 aromatic carbocycles. The number of rotatable bonds is 6. The number of hydrogen-bond donors (Lipinski definition) is 0.